The van der Waals surface area contributed by atoms with Gasteiger partial charge in [0.15, 0.2) is 12.7 Å². The first-order valence-corrected chi connectivity index (χ1v) is 7.57. The van der Waals surface area contributed by atoms with E-state index in [4.69, 9.17) is 21.1 Å². The van der Waals surface area contributed by atoms with E-state index in [2.05, 4.69) is 5.32 Å². The fraction of sp³-hybridized carbons (Fsp3) is 0.176. The standard InChI is InChI=1S/C17H14ClF2NO4/c1-10(17(23)21-14-7-6-11(19)8-13(14)20)25-16(22)9-24-15-5-3-2-4-12(15)18/h2-8,10H,9H2,1H3,(H,21,23). The number of para-hydroxylation sites is 1. The monoisotopic (exact) mass is 369 g/mol. The topological polar surface area (TPSA) is 64.6 Å². The predicted octanol–water partition coefficient (Wildman–Crippen LogP) is 3.57. The molecule has 8 heteroatoms. The number of halogens is 3. The molecular formula is C17H14ClF2NO4. The molecule has 0 heterocycles. The number of rotatable bonds is 6. The molecule has 2 rings (SSSR count). The van der Waals surface area contributed by atoms with Crippen molar-refractivity contribution in [1.82, 2.24) is 0 Å². The molecule has 2 aromatic rings. The summed E-state index contributed by atoms with van der Waals surface area (Å²) in [5, 5.41) is 2.53. The fourth-order valence-corrected chi connectivity index (χ4v) is 2.00. The van der Waals surface area contributed by atoms with Gasteiger partial charge in [0.05, 0.1) is 10.7 Å². The van der Waals surface area contributed by atoms with Gasteiger partial charge < -0.3 is 14.8 Å². The van der Waals surface area contributed by atoms with Gasteiger partial charge in [-0.15, -0.1) is 0 Å². The molecule has 0 aliphatic rings. The van der Waals surface area contributed by atoms with Gasteiger partial charge in [-0.1, -0.05) is 23.7 Å². The van der Waals surface area contributed by atoms with Gasteiger partial charge in [0.2, 0.25) is 0 Å². The molecule has 1 amide bonds. The van der Waals surface area contributed by atoms with Gasteiger partial charge in [-0.3, -0.25) is 4.79 Å². The van der Waals surface area contributed by atoms with Crippen molar-refractivity contribution in [2.45, 2.75) is 13.0 Å². The minimum atomic E-state index is -1.20. The lowest BCUT2D eigenvalue weighted by Crippen LogP contribution is -2.32. The molecule has 0 fully saturated rings. The first-order chi connectivity index (χ1) is 11.9. The Morgan fingerprint density at radius 2 is 1.92 bits per heavy atom. The van der Waals surface area contributed by atoms with Crippen molar-refractivity contribution < 1.29 is 27.8 Å². The second-order valence-corrected chi connectivity index (χ2v) is 5.37. The van der Waals surface area contributed by atoms with Crippen molar-refractivity contribution in [3.05, 3.63) is 59.1 Å². The molecule has 1 unspecified atom stereocenters. The van der Waals surface area contributed by atoms with Crippen LogP contribution in [0.25, 0.3) is 0 Å². The molecule has 0 saturated heterocycles. The van der Waals surface area contributed by atoms with Crippen molar-refractivity contribution in [1.29, 1.82) is 0 Å². The molecule has 0 saturated carbocycles. The maximum Gasteiger partial charge on any atom is 0.344 e. The van der Waals surface area contributed by atoms with Crippen LogP contribution in [-0.2, 0) is 14.3 Å². The zero-order valence-corrected chi connectivity index (χ0v) is 13.8. The van der Waals surface area contributed by atoms with E-state index in [-0.39, 0.29) is 5.69 Å². The Balaban J connectivity index is 1.85. The van der Waals surface area contributed by atoms with Crippen molar-refractivity contribution in [2.24, 2.45) is 0 Å². The third-order valence-electron chi connectivity index (χ3n) is 3.05. The van der Waals surface area contributed by atoms with Gasteiger partial charge in [0, 0.05) is 6.07 Å². The van der Waals surface area contributed by atoms with Crippen LogP contribution in [0.2, 0.25) is 5.02 Å². The van der Waals surface area contributed by atoms with Gasteiger partial charge >= 0.3 is 5.97 Å². The molecule has 0 aliphatic heterocycles. The van der Waals surface area contributed by atoms with Crippen LogP contribution in [0.4, 0.5) is 14.5 Å². The molecule has 2 aromatic carbocycles. The van der Waals surface area contributed by atoms with Crippen molar-refractivity contribution in [3.8, 4) is 5.75 Å². The summed E-state index contributed by atoms with van der Waals surface area (Å²) in [6.07, 6.45) is -1.20. The third kappa shape index (κ3) is 5.42. The van der Waals surface area contributed by atoms with Gasteiger partial charge in [-0.25, -0.2) is 13.6 Å². The number of hydrogen-bond acceptors (Lipinski definition) is 4. The molecule has 25 heavy (non-hydrogen) atoms. The molecular weight excluding hydrogens is 356 g/mol. The summed E-state index contributed by atoms with van der Waals surface area (Å²) in [5.74, 6) is -2.98. The largest absolute Gasteiger partial charge is 0.480 e. The highest BCUT2D eigenvalue weighted by Crippen LogP contribution is 2.23. The average Bonchev–Trinajstić information content (AvgIpc) is 2.56. The molecule has 0 spiro atoms. The van der Waals surface area contributed by atoms with Crippen molar-refractivity contribution >= 4 is 29.2 Å². The van der Waals surface area contributed by atoms with E-state index >= 15 is 0 Å². The molecule has 1 N–H and O–H groups in total. The van der Waals surface area contributed by atoms with Crippen LogP contribution >= 0.6 is 11.6 Å². The molecule has 0 aliphatic carbocycles. The SMILES string of the molecule is CC(OC(=O)COc1ccccc1Cl)C(=O)Nc1ccc(F)cc1F. The number of anilines is 1. The summed E-state index contributed by atoms with van der Waals surface area (Å²) in [4.78, 5) is 23.6. The van der Waals surface area contributed by atoms with Crippen LogP contribution in [-0.4, -0.2) is 24.6 Å². The van der Waals surface area contributed by atoms with Crippen molar-refractivity contribution in [3.63, 3.8) is 0 Å². The van der Waals surface area contributed by atoms with E-state index in [9.17, 15) is 18.4 Å². The highest BCUT2D eigenvalue weighted by Gasteiger charge is 2.19. The third-order valence-corrected chi connectivity index (χ3v) is 3.36. The van der Waals surface area contributed by atoms with Gasteiger partial charge in [0.1, 0.15) is 17.4 Å². The Bertz CT molecular complexity index is 785. The number of carbonyl (C=O) groups is 2. The summed E-state index contributed by atoms with van der Waals surface area (Å²) in [7, 11) is 0. The van der Waals surface area contributed by atoms with E-state index in [0.29, 0.717) is 16.8 Å². The van der Waals surface area contributed by atoms with E-state index in [1.165, 1.54) is 6.92 Å². The highest BCUT2D eigenvalue weighted by molar-refractivity contribution is 6.32. The lowest BCUT2D eigenvalue weighted by molar-refractivity contribution is -0.155. The second-order valence-electron chi connectivity index (χ2n) is 4.96. The fourth-order valence-electron chi connectivity index (χ4n) is 1.81. The summed E-state index contributed by atoms with van der Waals surface area (Å²) < 4.78 is 36.4. The minimum absolute atomic E-state index is 0.221. The van der Waals surface area contributed by atoms with Crippen LogP contribution in [0.1, 0.15) is 6.92 Å². The maximum absolute atomic E-state index is 13.5. The summed E-state index contributed by atoms with van der Waals surface area (Å²) >= 11 is 5.88. The highest BCUT2D eigenvalue weighted by atomic mass is 35.5. The number of carbonyl (C=O) groups excluding carboxylic acids is 2. The van der Waals surface area contributed by atoms with Crippen LogP contribution in [0, 0.1) is 11.6 Å². The average molecular weight is 370 g/mol. The molecule has 1 atom stereocenters. The van der Waals surface area contributed by atoms with Crippen LogP contribution in [0.15, 0.2) is 42.5 Å². The molecule has 0 aromatic heterocycles. The minimum Gasteiger partial charge on any atom is -0.480 e. The first kappa shape index (κ1) is 18.7. The van der Waals surface area contributed by atoms with Gasteiger partial charge in [-0.05, 0) is 31.2 Å². The second kappa shape index (κ2) is 8.43. The number of hydrogen-bond donors (Lipinski definition) is 1. The molecule has 132 valence electrons. The zero-order valence-electron chi connectivity index (χ0n) is 13.1. The van der Waals surface area contributed by atoms with E-state index in [1.807, 2.05) is 0 Å². The normalized spacial score (nSPS) is 11.5. The lowest BCUT2D eigenvalue weighted by atomic mass is 10.2. The first-order valence-electron chi connectivity index (χ1n) is 7.19. The van der Waals surface area contributed by atoms with Crippen LogP contribution in [0.5, 0.6) is 5.75 Å². The van der Waals surface area contributed by atoms with E-state index in [1.54, 1.807) is 24.3 Å². The Hall–Kier alpha value is -2.67. The number of esters is 1. The quantitative estimate of drug-likeness (QED) is 0.791. The van der Waals surface area contributed by atoms with E-state index < -0.39 is 36.2 Å². The number of benzene rings is 2. The zero-order chi connectivity index (χ0) is 18.4. The molecule has 0 bridgehead atoms. The smallest absolute Gasteiger partial charge is 0.344 e. The Labute approximate surface area is 147 Å². The van der Waals surface area contributed by atoms with Gasteiger partial charge in [-0.2, -0.15) is 0 Å². The Morgan fingerprint density at radius 1 is 1.20 bits per heavy atom. The van der Waals surface area contributed by atoms with Crippen LogP contribution in [0.3, 0.4) is 0 Å². The Kier molecular flexibility index (Phi) is 6.30. The number of ether oxygens (including phenoxy) is 2. The summed E-state index contributed by atoms with van der Waals surface area (Å²) in [6.45, 7) is 0.858. The summed E-state index contributed by atoms with van der Waals surface area (Å²) in [5.41, 5.74) is -0.221. The Morgan fingerprint density at radius 3 is 2.60 bits per heavy atom. The lowest BCUT2D eigenvalue weighted by Gasteiger charge is -2.14. The molecule has 5 nitrogen and oxygen atoms in total. The molecule has 0 radical (unpaired) electrons. The van der Waals surface area contributed by atoms with Gasteiger partial charge in [0.25, 0.3) is 5.91 Å². The summed E-state index contributed by atoms with van der Waals surface area (Å²) in [6, 6.07) is 9.24. The van der Waals surface area contributed by atoms with Crippen molar-refractivity contribution in [2.75, 3.05) is 11.9 Å². The van der Waals surface area contributed by atoms with Crippen LogP contribution < -0.4 is 10.1 Å². The number of nitrogens with one attached hydrogen (secondary N) is 1. The predicted molar refractivity (Wildman–Crippen MR) is 87.5 cm³/mol. The van der Waals surface area contributed by atoms with E-state index in [0.717, 1.165) is 12.1 Å². The maximum atomic E-state index is 13.5. The number of amides is 1.